The molecular formula is C23H31N3O2. The molecule has 0 bridgehead atoms. The first-order chi connectivity index (χ1) is 13.5. The Morgan fingerprint density at radius 2 is 1.61 bits per heavy atom. The summed E-state index contributed by atoms with van der Waals surface area (Å²) in [5, 5.41) is 14.2. The molecular weight excluding hydrogens is 350 g/mol. The van der Waals surface area contributed by atoms with Crippen LogP contribution in [0, 0.1) is 0 Å². The third kappa shape index (κ3) is 6.16. The average Bonchev–Trinajstić information content (AvgIpc) is 2.71. The van der Waals surface area contributed by atoms with Crippen LogP contribution in [0.3, 0.4) is 0 Å². The fourth-order valence-electron chi connectivity index (χ4n) is 3.82. The second-order valence-electron chi connectivity index (χ2n) is 7.83. The van der Waals surface area contributed by atoms with E-state index in [-0.39, 0.29) is 5.91 Å². The van der Waals surface area contributed by atoms with Gasteiger partial charge in [0.15, 0.2) is 0 Å². The lowest BCUT2D eigenvalue weighted by atomic mass is 9.88. The molecule has 0 spiro atoms. The largest absolute Gasteiger partial charge is 0.390 e. The molecule has 1 fully saturated rings. The molecule has 0 aromatic heterocycles. The zero-order valence-corrected chi connectivity index (χ0v) is 16.4. The van der Waals surface area contributed by atoms with E-state index in [0.29, 0.717) is 19.4 Å². The van der Waals surface area contributed by atoms with E-state index in [1.165, 1.54) is 5.56 Å². The Kier molecular flexibility index (Phi) is 7.20. The number of hydrogen-bond donors (Lipinski definition) is 3. The van der Waals surface area contributed by atoms with Crippen molar-refractivity contribution < 1.29 is 9.90 Å². The molecule has 5 heteroatoms. The van der Waals surface area contributed by atoms with Gasteiger partial charge in [-0.3, -0.25) is 9.69 Å². The molecule has 1 atom stereocenters. The minimum Gasteiger partial charge on any atom is -0.390 e. The second kappa shape index (κ2) is 9.82. The Labute approximate surface area is 167 Å². The van der Waals surface area contributed by atoms with Crippen molar-refractivity contribution in [2.45, 2.75) is 43.9 Å². The van der Waals surface area contributed by atoms with Gasteiger partial charge in [-0.2, -0.15) is 0 Å². The number of nitrogens with one attached hydrogen (secondary N) is 1. The first-order valence-electron chi connectivity index (χ1n) is 10.1. The van der Waals surface area contributed by atoms with Gasteiger partial charge in [-0.15, -0.1) is 0 Å². The smallest absolute Gasteiger partial charge is 0.234 e. The Morgan fingerprint density at radius 3 is 2.18 bits per heavy atom. The number of carbonyl (C=O) groups is 1. The minimum absolute atomic E-state index is 0.353. The van der Waals surface area contributed by atoms with E-state index < -0.39 is 11.6 Å². The SMILES string of the molecule is NC(=O)C(Cc1ccccc1)NCCC1(O)CCN(Cc2ccccc2)CC1. The van der Waals surface area contributed by atoms with Crippen LogP contribution in [0.15, 0.2) is 60.7 Å². The van der Waals surface area contributed by atoms with Gasteiger partial charge in [0.25, 0.3) is 0 Å². The van der Waals surface area contributed by atoms with Gasteiger partial charge in [0.2, 0.25) is 5.91 Å². The molecule has 1 heterocycles. The van der Waals surface area contributed by atoms with Crippen LogP contribution in [-0.4, -0.2) is 47.2 Å². The fourth-order valence-corrected chi connectivity index (χ4v) is 3.82. The number of rotatable bonds is 9. The number of nitrogens with two attached hydrogens (primary N) is 1. The molecule has 0 aliphatic carbocycles. The van der Waals surface area contributed by atoms with Crippen LogP contribution < -0.4 is 11.1 Å². The van der Waals surface area contributed by atoms with E-state index in [4.69, 9.17) is 5.73 Å². The van der Waals surface area contributed by atoms with Gasteiger partial charge < -0.3 is 16.2 Å². The minimum atomic E-state index is -0.671. The Morgan fingerprint density at radius 1 is 1.04 bits per heavy atom. The van der Waals surface area contributed by atoms with E-state index in [0.717, 1.165) is 38.0 Å². The fraction of sp³-hybridized carbons (Fsp3) is 0.435. The van der Waals surface area contributed by atoms with Crippen LogP contribution in [0.2, 0.25) is 0 Å². The summed E-state index contributed by atoms with van der Waals surface area (Å²) >= 11 is 0. The molecule has 1 aliphatic heterocycles. The third-order valence-corrected chi connectivity index (χ3v) is 5.64. The van der Waals surface area contributed by atoms with Crippen LogP contribution in [0.1, 0.15) is 30.4 Å². The quantitative estimate of drug-likeness (QED) is 0.621. The first-order valence-corrected chi connectivity index (χ1v) is 10.1. The molecule has 1 amide bonds. The maximum atomic E-state index is 11.8. The highest BCUT2D eigenvalue weighted by molar-refractivity contribution is 5.80. The Hall–Kier alpha value is -2.21. The molecule has 4 N–H and O–H groups in total. The Bertz CT molecular complexity index is 728. The van der Waals surface area contributed by atoms with E-state index >= 15 is 0 Å². The number of amides is 1. The van der Waals surface area contributed by atoms with Gasteiger partial charge in [-0.05, 0) is 43.4 Å². The number of aliphatic hydroxyl groups is 1. The highest BCUT2D eigenvalue weighted by atomic mass is 16.3. The molecule has 1 aliphatic rings. The number of hydrogen-bond acceptors (Lipinski definition) is 4. The number of likely N-dealkylation sites (tertiary alicyclic amines) is 1. The van der Waals surface area contributed by atoms with E-state index in [9.17, 15) is 9.90 Å². The maximum absolute atomic E-state index is 11.8. The van der Waals surface area contributed by atoms with Gasteiger partial charge in [0.05, 0.1) is 11.6 Å². The number of nitrogens with zero attached hydrogens (tertiary/aromatic N) is 1. The van der Waals surface area contributed by atoms with Gasteiger partial charge in [0.1, 0.15) is 0 Å². The van der Waals surface area contributed by atoms with Gasteiger partial charge in [-0.25, -0.2) is 0 Å². The monoisotopic (exact) mass is 381 g/mol. The van der Waals surface area contributed by atoms with Crippen LogP contribution in [0.4, 0.5) is 0 Å². The van der Waals surface area contributed by atoms with Crippen LogP contribution in [0.25, 0.3) is 0 Å². The van der Waals surface area contributed by atoms with Crippen molar-refractivity contribution in [3.05, 3.63) is 71.8 Å². The number of carbonyl (C=O) groups excluding carboxylic acids is 1. The summed E-state index contributed by atoms with van der Waals surface area (Å²) in [5.74, 6) is -0.353. The standard InChI is InChI=1S/C23H31N3O2/c24-22(27)21(17-19-7-3-1-4-8-19)25-14-11-23(28)12-15-26(16-13-23)18-20-9-5-2-6-10-20/h1-10,21,25,28H,11-18H2,(H2,24,27). The summed E-state index contributed by atoms with van der Waals surface area (Å²) in [7, 11) is 0. The van der Waals surface area contributed by atoms with Crippen molar-refractivity contribution in [2.24, 2.45) is 5.73 Å². The molecule has 2 aromatic carbocycles. The van der Waals surface area contributed by atoms with Gasteiger partial charge in [-0.1, -0.05) is 60.7 Å². The number of primary amides is 1. The van der Waals surface area contributed by atoms with E-state index in [1.54, 1.807) is 0 Å². The van der Waals surface area contributed by atoms with E-state index in [2.05, 4.69) is 34.5 Å². The zero-order chi connectivity index (χ0) is 19.8. The summed E-state index contributed by atoms with van der Waals surface area (Å²) < 4.78 is 0. The predicted octanol–water partition coefficient (Wildman–Crippen LogP) is 2.09. The molecule has 0 saturated carbocycles. The lowest BCUT2D eigenvalue weighted by Gasteiger charge is -2.38. The van der Waals surface area contributed by atoms with Crippen LogP contribution in [0.5, 0.6) is 0 Å². The number of piperidine rings is 1. The summed E-state index contributed by atoms with van der Waals surface area (Å²) in [5.41, 5.74) is 7.27. The lowest BCUT2D eigenvalue weighted by molar-refractivity contribution is -0.120. The molecule has 5 nitrogen and oxygen atoms in total. The maximum Gasteiger partial charge on any atom is 0.234 e. The molecule has 28 heavy (non-hydrogen) atoms. The summed E-state index contributed by atoms with van der Waals surface area (Å²) in [6.45, 7) is 3.27. The Balaban J connectivity index is 1.43. The zero-order valence-electron chi connectivity index (χ0n) is 16.4. The van der Waals surface area contributed by atoms with Crippen molar-refractivity contribution >= 4 is 5.91 Å². The molecule has 0 radical (unpaired) electrons. The molecule has 2 aromatic rings. The summed E-state index contributed by atoms with van der Waals surface area (Å²) in [4.78, 5) is 14.2. The normalized spacial score (nSPS) is 17.9. The van der Waals surface area contributed by atoms with Crippen molar-refractivity contribution in [1.82, 2.24) is 10.2 Å². The van der Waals surface area contributed by atoms with E-state index in [1.807, 2.05) is 36.4 Å². The molecule has 1 unspecified atom stereocenters. The van der Waals surface area contributed by atoms with Gasteiger partial charge in [0, 0.05) is 19.6 Å². The predicted molar refractivity (Wildman–Crippen MR) is 112 cm³/mol. The molecule has 150 valence electrons. The highest BCUT2D eigenvalue weighted by Crippen LogP contribution is 2.26. The lowest BCUT2D eigenvalue weighted by Crippen LogP contribution is -2.48. The van der Waals surface area contributed by atoms with Gasteiger partial charge >= 0.3 is 0 Å². The third-order valence-electron chi connectivity index (χ3n) is 5.64. The number of benzene rings is 2. The topological polar surface area (TPSA) is 78.6 Å². The van der Waals surface area contributed by atoms with Crippen molar-refractivity contribution in [3.8, 4) is 0 Å². The van der Waals surface area contributed by atoms with Crippen molar-refractivity contribution in [2.75, 3.05) is 19.6 Å². The molecule has 1 saturated heterocycles. The highest BCUT2D eigenvalue weighted by Gasteiger charge is 2.32. The summed E-state index contributed by atoms with van der Waals surface area (Å²) in [6, 6.07) is 19.9. The second-order valence-corrected chi connectivity index (χ2v) is 7.83. The van der Waals surface area contributed by atoms with Crippen LogP contribution in [-0.2, 0) is 17.8 Å². The average molecular weight is 382 g/mol. The molecule has 3 rings (SSSR count). The first kappa shape index (κ1) is 20.5. The summed E-state index contributed by atoms with van der Waals surface area (Å²) in [6.07, 6.45) is 2.70. The van der Waals surface area contributed by atoms with Crippen LogP contribution >= 0.6 is 0 Å². The van der Waals surface area contributed by atoms with Crippen molar-refractivity contribution in [3.63, 3.8) is 0 Å². The van der Waals surface area contributed by atoms with Crippen molar-refractivity contribution in [1.29, 1.82) is 0 Å².